The van der Waals surface area contributed by atoms with Crippen LogP contribution in [0.5, 0.6) is 0 Å². The summed E-state index contributed by atoms with van der Waals surface area (Å²) in [5.41, 5.74) is 0.974. The topological polar surface area (TPSA) is 15.3 Å². The van der Waals surface area contributed by atoms with Crippen LogP contribution in [0.15, 0.2) is 0 Å². The van der Waals surface area contributed by atoms with Gasteiger partial charge in [-0.3, -0.25) is 4.90 Å². The Balaban J connectivity index is 1.52. The molecule has 1 N–H and O–H groups in total. The third-order valence-electron chi connectivity index (χ3n) is 6.73. The molecule has 0 aromatic carbocycles. The van der Waals surface area contributed by atoms with E-state index in [1.54, 1.807) is 0 Å². The molecule has 4 aliphatic rings. The molecule has 0 aromatic rings. The van der Waals surface area contributed by atoms with Crippen molar-refractivity contribution in [1.29, 1.82) is 0 Å². The zero-order chi connectivity index (χ0) is 12.9. The zero-order valence-electron chi connectivity index (χ0n) is 12.6. The average Bonchev–Trinajstić information content (AvgIpc) is 3.11. The first-order chi connectivity index (χ1) is 9.20. The van der Waals surface area contributed by atoms with E-state index in [0.717, 1.165) is 11.8 Å². The van der Waals surface area contributed by atoms with E-state index in [1.807, 2.05) is 0 Å². The van der Waals surface area contributed by atoms with Crippen molar-refractivity contribution in [3.05, 3.63) is 0 Å². The molecule has 108 valence electrons. The van der Waals surface area contributed by atoms with Gasteiger partial charge in [-0.05, 0) is 57.3 Å². The predicted molar refractivity (Wildman–Crippen MR) is 79.2 cm³/mol. The molecule has 4 fully saturated rings. The number of piperazine rings is 1. The van der Waals surface area contributed by atoms with Gasteiger partial charge in [0.1, 0.15) is 0 Å². The lowest BCUT2D eigenvalue weighted by atomic mass is 9.79. The van der Waals surface area contributed by atoms with Crippen LogP contribution >= 0.6 is 0 Å². The Bertz CT molecular complexity index is 339. The van der Waals surface area contributed by atoms with E-state index in [0.29, 0.717) is 11.1 Å². The van der Waals surface area contributed by atoms with Crippen molar-refractivity contribution in [3.63, 3.8) is 0 Å². The van der Waals surface area contributed by atoms with Gasteiger partial charge in [0, 0.05) is 30.7 Å². The highest BCUT2D eigenvalue weighted by Crippen LogP contribution is 2.46. The molecule has 19 heavy (non-hydrogen) atoms. The molecule has 1 aliphatic heterocycles. The smallest absolute Gasteiger partial charge is 0.0335 e. The van der Waals surface area contributed by atoms with Crippen molar-refractivity contribution in [2.24, 2.45) is 11.8 Å². The molecule has 0 radical (unpaired) electrons. The van der Waals surface area contributed by atoms with Crippen molar-refractivity contribution in [2.75, 3.05) is 19.6 Å². The maximum Gasteiger partial charge on any atom is 0.0335 e. The minimum absolute atomic E-state index is 0.428. The van der Waals surface area contributed by atoms with E-state index < -0.39 is 0 Å². The van der Waals surface area contributed by atoms with Crippen molar-refractivity contribution in [1.82, 2.24) is 10.2 Å². The van der Waals surface area contributed by atoms with Crippen molar-refractivity contribution < 1.29 is 0 Å². The van der Waals surface area contributed by atoms with Gasteiger partial charge in [0.25, 0.3) is 0 Å². The summed E-state index contributed by atoms with van der Waals surface area (Å²) in [6.07, 6.45) is 13.2. The lowest BCUT2D eigenvalue weighted by molar-refractivity contribution is -0.0134. The summed E-state index contributed by atoms with van der Waals surface area (Å²) in [4.78, 5) is 2.96. The lowest BCUT2D eigenvalue weighted by Crippen LogP contribution is -2.69. The maximum atomic E-state index is 3.99. The molecule has 4 rings (SSSR count). The predicted octanol–water partition coefficient (Wildman–Crippen LogP) is 3.17. The van der Waals surface area contributed by atoms with Crippen molar-refractivity contribution >= 4 is 0 Å². The molecule has 2 nitrogen and oxygen atoms in total. The van der Waals surface area contributed by atoms with Gasteiger partial charge >= 0.3 is 0 Å². The first kappa shape index (κ1) is 12.6. The van der Waals surface area contributed by atoms with Crippen LogP contribution in [0, 0.1) is 11.8 Å². The fourth-order valence-electron chi connectivity index (χ4n) is 4.86. The summed E-state index contributed by atoms with van der Waals surface area (Å²) in [7, 11) is 0. The molecular formula is C17H30N2. The van der Waals surface area contributed by atoms with E-state index in [2.05, 4.69) is 17.1 Å². The summed E-state index contributed by atoms with van der Waals surface area (Å²) in [6, 6.07) is 0. The summed E-state index contributed by atoms with van der Waals surface area (Å²) in [5.74, 6) is 1.99. The monoisotopic (exact) mass is 262 g/mol. The third kappa shape index (κ3) is 2.15. The van der Waals surface area contributed by atoms with Gasteiger partial charge in [-0.25, -0.2) is 0 Å². The van der Waals surface area contributed by atoms with E-state index >= 15 is 0 Å². The molecule has 0 amide bonds. The number of rotatable bonds is 3. The van der Waals surface area contributed by atoms with Gasteiger partial charge in [0.05, 0.1) is 0 Å². The van der Waals surface area contributed by atoms with Crippen LogP contribution in [-0.2, 0) is 0 Å². The van der Waals surface area contributed by atoms with Gasteiger partial charge in [0.2, 0.25) is 0 Å². The van der Waals surface area contributed by atoms with Crippen LogP contribution in [0.2, 0.25) is 0 Å². The van der Waals surface area contributed by atoms with Crippen molar-refractivity contribution in [2.45, 2.75) is 75.8 Å². The summed E-state index contributed by atoms with van der Waals surface area (Å²) >= 11 is 0. The zero-order valence-corrected chi connectivity index (χ0v) is 12.6. The Morgan fingerprint density at radius 3 is 2.37 bits per heavy atom. The lowest BCUT2D eigenvalue weighted by Gasteiger charge is -2.54. The Kier molecular flexibility index (Phi) is 2.97. The second-order valence-corrected chi connectivity index (χ2v) is 8.15. The standard InChI is InChI=1S/C17H30N2/c1-16(15-7-8-15)13-19(11-14-5-4-6-14)17(12-18-16)9-2-3-10-17/h14-15,18H,2-13H2,1H3. The molecule has 0 aromatic heterocycles. The van der Waals surface area contributed by atoms with Crippen LogP contribution in [0.4, 0.5) is 0 Å². The van der Waals surface area contributed by atoms with Gasteiger partial charge < -0.3 is 5.32 Å². The minimum atomic E-state index is 0.428. The van der Waals surface area contributed by atoms with Gasteiger partial charge in [-0.15, -0.1) is 0 Å². The second kappa shape index (κ2) is 4.46. The SMILES string of the molecule is CC1(C2CC2)CN(CC2CCC2)C2(CCCC2)CN1. The summed E-state index contributed by atoms with van der Waals surface area (Å²) < 4.78 is 0. The van der Waals surface area contributed by atoms with Crippen molar-refractivity contribution in [3.8, 4) is 0 Å². The molecular weight excluding hydrogens is 232 g/mol. The van der Waals surface area contributed by atoms with E-state index in [9.17, 15) is 0 Å². The average molecular weight is 262 g/mol. The van der Waals surface area contributed by atoms with Gasteiger partial charge in [-0.1, -0.05) is 19.3 Å². The first-order valence-corrected chi connectivity index (χ1v) is 8.70. The van der Waals surface area contributed by atoms with Gasteiger partial charge in [0.15, 0.2) is 0 Å². The summed E-state index contributed by atoms with van der Waals surface area (Å²) in [5, 5.41) is 3.99. The van der Waals surface area contributed by atoms with Crippen LogP contribution in [0.3, 0.4) is 0 Å². The molecule has 2 heteroatoms. The Hall–Kier alpha value is -0.0800. The molecule has 1 spiro atoms. The normalized spacial score (nSPS) is 39.6. The van der Waals surface area contributed by atoms with Crippen LogP contribution in [-0.4, -0.2) is 35.6 Å². The minimum Gasteiger partial charge on any atom is -0.308 e. The highest BCUT2D eigenvalue weighted by atomic mass is 15.3. The molecule has 1 unspecified atom stereocenters. The van der Waals surface area contributed by atoms with Gasteiger partial charge in [-0.2, -0.15) is 0 Å². The molecule has 3 aliphatic carbocycles. The molecule has 1 atom stereocenters. The van der Waals surface area contributed by atoms with E-state index in [1.165, 1.54) is 77.4 Å². The van der Waals surface area contributed by atoms with Crippen LogP contribution in [0.1, 0.15) is 64.7 Å². The van der Waals surface area contributed by atoms with E-state index in [-0.39, 0.29) is 0 Å². The van der Waals surface area contributed by atoms with Crippen LogP contribution < -0.4 is 5.32 Å². The quantitative estimate of drug-likeness (QED) is 0.840. The van der Waals surface area contributed by atoms with Crippen LogP contribution in [0.25, 0.3) is 0 Å². The number of nitrogens with zero attached hydrogens (tertiary/aromatic N) is 1. The number of hydrogen-bond acceptors (Lipinski definition) is 2. The second-order valence-electron chi connectivity index (χ2n) is 8.15. The Morgan fingerprint density at radius 1 is 1.05 bits per heavy atom. The third-order valence-corrected chi connectivity index (χ3v) is 6.73. The molecule has 3 saturated carbocycles. The molecule has 1 heterocycles. The Labute approximate surface area is 118 Å². The number of nitrogens with one attached hydrogen (secondary N) is 1. The summed E-state index contributed by atoms with van der Waals surface area (Å²) in [6.45, 7) is 6.51. The highest BCUT2D eigenvalue weighted by Gasteiger charge is 2.52. The molecule has 1 saturated heterocycles. The fourth-order valence-corrected chi connectivity index (χ4v) is 4.86. The number of hydrogen-bond donors (Lipinski definition) is 1. The fraction of sp³-hybridized carbons (Fsp3) is 1.00. The Morgan fingerprint density at radius 2 is 1.79 bits per heavy atom. The first-order valence-electron chi connectivity index (χ1n) is 8.70. The molecule has 0 bridgehead atoms. The van der Waals surface area contributed by atoms with E-state index in [4.69, 9.17) is 0 Å². The maximum absolute atomic E-state index is 3.99. The largest absolute Gasteiger partial charge is 0.308 e. The highest BCUT2D eigenvalue weighted by molar-refractivity contribution is 5.10.